The van der Waals surface area contributed by atoms with Crippen LogP contribution in [0.5, 0.6) is 0 Å². The summed E-state index contributed by atoms with van der Waals surface area (Å²) in [6, 6.07) is 0. The van der Waals surface area contributed by atoms with Gasteiger partial charge in [0, 0.05) is 24.3 Å². The molecule has 104 valence electrons. The summed E-state index contributed by atoms with van der Waals surface area (Å²) in [4.78, 5) is 2.22. The zero-order chi connectivity index (χ0) is 13.5. The smallest absolute Gasteiger partial charge is 0.0641 e. The lowest BCUT2D eigenvalue weighted by Crippen LogP contribution is -2.16. The van der Waals surface area contributed by atoms with E-state index < -0.39 is 0 Å². The first-order chi connectivity index (χ1) is 8.56. The second-order valence-corrected chi connectivity index (χ2v) is 5.21. The van der Waals surface area contributed by atoms with E-state index in [1.165, 1.54) is 23.4 Å². The highest BCUT2D eigenvalue weighted by Gasteiger charge is 2.10. The number of nitrogens with one attached hydrogen (secondary N) is 1. The Morgan fingerprint density at radius 1 is 1.28 bits per heavy atom. The fraction of sp³-hybridized carbons (Fsp3) is 0.786. The van der Waals surface area contributed by atoms with Crippen molar-refractivity contribution in [1.82, 2.24) is 20.0 Å². The van der Waals surface area contributed by atoms with Gasteiger partial charge < -0.3 is 10.2 Å². The van der Waals surface area contributed by atoms with Crippen molar-refractivity contribution in [2.45, 2.75) is 46.7 Å². The summed E-state index contributed by atoms with van der Waals surface area (Å²) in [6.45, 7) is 10.6. The number of aryl methyl sites for hydroxylation is 2. The summed E-state index contributed by atoms with van der Waals surface area (Å²) in [6.07, 6.45) is 2.33. The Balaban J connectivity index is 2.56. The Kier molecular flexibility index (Phi) is 6.36. The molecule has 0 aliphatic carbocycles. The van der Waals surface area contributed by atoms with E-state index in [0.717, 1.165) is 32.6 Å². The lowest BCUT2D eigenvalue weighted by molar-refractivity contribution is 0.379. The van der Waals surface area contributed by atoms with Gasteiger partial charge in [-0.15, -0.1) is 0 Å². The molecule has 4 heteroatoms. The quantitative estimate of drug-likeness (QED) is 0.718. The summed E-state index contributed by atoms with van der Waals surface area (Å²) in [5, 5.41) is 8.10. The molecule has 1 rings (SSSR count). The van der Waals surface area contributed by atoms with Crippen LogP contribution in [0.1, 0.15) is 36.7 Å². The molecule has 0 saturated carbocycles. The number of rotatable bonds is 8. The van der Waals surface area contributed by atoms with Gasteiger partial charge in [0.2, 0.25) is 0 Å². The van der Waals surface area contributed by atoms with Crippen molar-refractivity contribution in [3.63, 3.8) is 0 Å². The van der Waals surface area contributed by atoms with Crippen molar-refractivity contribution in [2.75, 3.05) is 27.2 Å². The van der Waals surface area contributed by atoms with Crippen molar-refractivity contribution in [1.29, 1.82) is 0 Å². The SMILES string of the molecule is CCCNCc1c(C)nn(CCCN(C)C)c1C. The van der Waals surface area contributed by atoms with Gasteiger partial charge in [0.05, 0.1) is 5.69 Å². The molecule has 0 fully saturated rings. The second kappa shape index (κ2) is 7.54. The van der Waals surface area contributed by atoms with E-state index in [0.29, 0.717) is 0 Å². The van der Waals surface area contributed by atoms with Crippen LogP contribution in [0.3, 0.4) is 0 Å². The summed E-state index contributed by atoms with van der Waals surface area (Å²) >= 11 is 0. The summed E-state index contributed by atoms with van der Waals surface area (Å²) in [5.41, 5.74) is 3.85. The Morgan fingerprint density at radius 3 is 2.61 bits per heavy atom. The number of aromatic nitrogens is 2. The molecular weight excluding hydrogens is 224 g/mol. The number of hydrogen-bond donors (Lipinski definition) is 1. The first-order valence-corrected chi connectivity index (χ1v) is 6.94. The van der Waals surface area contributed by atoms with Crippen LogP contribution in [0.25, 0.3) is 0 Å². The molecule has 1 aromatic heterocycles. The van der Waals surface area contributed by atoms with Crippen LogP contribution in [0, 0.1) is 13.8 Å². The third-order valence-electron chi connectivity index (χ3n) is 3.24. The highest BCUT2D eigenvalue weighted by molar-refractivity contribution is 5.24. The fourth-order valence-electron chi connectivity index (χ4n) is 2.13. The van der Waals surface area contributed by atoms with Crippen molar-refractivity contribution in [2.24, 2.45) is 0 Å². The van der Waals surface area contributed by atoms with E-state index in [1.807, 2.05) is 0 Å². The molecule has 0 atom stereocenters. The maximum Gasteiger partial charge on any atom is 0.0641 e. The molecule has 1 heterocycles. The Labute approximate surface area is 111 Å². The summed E-state index contributed by atoms with van der Waals surface area (Å²) in [7, 11) is 4.22. The largest absolute Gasteiger partial charge is 0.313 e. The van der Waals surface area contributed by atoms with E-state index in [1.54, 1.807) is 0 Å². The molecule has 0 amide bonds. The predicted octanol–water partition coefficient (Wildman–Crippen LogP) is 1.95. The van der Waals surface area contributed by atoms with Gasteiger partial charge in [-0.2, -0.15) is 5.10 Å². The van der Waals surface area contributed by atoms with Crippen LogP contribution in [-0.2, 0) is 13.1 Å². The van der Waals surface area contributed by atoms with E-state index >= 15 is 0 Å². The monoisotopic (exact) mass is 252 g/mol. The summed E-state index contributed by atoms with van der Waals surface area (Å²) in [5.74, 6) is 0. The Hall–Kier alpha value is -0.870. The molecule has 1 N–H and O–H groups in total. The third kappa shape index (κ3) is 4.42. The number of hydrogen-bond acceptors (Lipinski definition) is 3. The van der Waals surface area contributed by atoms with Crippen LogP contribution in [0.2, 0.25) is 0 Å². The van der Waals surface area contributed by atoms with E-state index in [-0.39, 0.29) is 0 Å². The average Bonchev–Trinajstić information content (AvgIpc) is 2.56. The summed E-state index contributed by atoms with van der Waals surface area (Å²) < 4.78 is 2.15. The molecule has 0 spiro atoms. The van der Waals surface area contributed by atoms with Gasteiger partial charge in [-0.25, -0.2) is 0 Å². The maximum absolute atomic E-state index is 4.64. The lowest BCUT2D eigenvalue weighted by Gasteiger charge is -2.10. The van der Waals surface area contributed by atoms with E-state index in [2.05, 4.69) is 54.9 Å². The maximum atomic E-state index is 4.64. The topological polar surface area (TPSA) is 33.1 Å². The minimum Gasteiger partial charge on any atom is -0.313 e. The molecule has 1 aromatic rings. The van der Waals surface area contributed by atoms with Crippen molar-refractivity contribution in [3.8, 4) is 0 Å². The normalized spacial score (nSPS) is 11.4. The minimum atomic E-state index is 0.944. The average molecular weight is 252 g/mol. The molecule has 0 aliphatic heterocycles. The molecule has 0 bridgehead atoms. The number of nitrogens with zero attached hydrogens (tertiary/aromatic N) is 3. The fourth-order valence-corrected chi connectivity index (χ4v) is 2.13. The van der Waals surface area contributed by atoms with Crippen molar-refractivity contribution >= 4 is 0 Å². The van der Waals surface area contributed by atoms with Gasteiger partial charge in [-0.3, -0.25) is 4.68 Å². The Bertz CT molecular complexity index is 355. The predicted molar refractivity (Wildman–Crippen MR) is 76.9 cm³/mol. The van der Waals surface area contributed by atoms with Gasteiger partial charge >= 0.3 is 0 Å². The molecule has 0 aliphatic rings. The molecule has 0 aromatic carbocycles. The van der Waals surface area contributed by atoms with E-state index in [9.17, 15) is 0 Å². The first-order valence-electron chi connectivity index (χ1n) is 6.94. The van der Waals surface area contributed by atoms with Gasteiger partial charge in [0.1, 0.15) is 0 Å². The first kappa shape index (κ1) is 15.2. The molecule has 18 heavy (non-hydrogen) atoms. The van der Waals surface area contributed by atoms with Crippen molar-refractivity contribution in [3.05, 3.63) is 17.0 Å². The van der Waals surface area contributed by atoms with Crippen LogP contribution in [0.15, 0.2) is 0 Å². The van der Waals surface area contributed by atoms with Crippen molar-refractivity contribution < 1.29 is 0 Å². The van der Waals surface area contributed by atoms with Crippen LogP contribution >= 0.6 is 0 Å². The molecule has 0 saturated heterocycles. The van der Waals surface area contributed by atoms with Crippen LogP contribution < -0.4 is 5.32 Å². The van der Waals surface area contributed by atoms with Gasteiger partial charge in [-0.1, -0.05) is 6.92 Å². The van der Waals surface area contributed by atoms with Crippen LogP contribution in [0.4, 0.5) is 0 Å². The highest BCUT2D eigenvalue weighted by atomic mass is 15.3. The lowest BCUT2D eigenvalue weighted by atomic mass is 10.2. The Morgan fingerprint density at radius 2 is 2.00 bits per heavy atom. The molecule has 0 unspecified atom stereocenters. The zero-order valence-electron chi connectivity index (χ0n) is 12.6. The second-order valence-electron chi connectivity index (χ2n) is 5.21. The molecule has 0 radical (unpaired) electrons. The highest BCUT2D eigenvalue weighted by Crippen LogP contribution is 2.13. The van der Waals surface area contributed by atoms with Crippen LogP contribution in [-0.4, -0.2) is 41.9 Å². The standard InChI is InChI=1S/C14H28N4/c1-6-8-15-11-14-12(2)16-18(13(14)3)10-7-9-17(4)5/h15H,6-11H2,1-5H3. The minimum absolute atomic E-state index is 0.944. The third-order valence-corrected chi connectivity index (χ3v) is 3.24. The van der Waals surface area contributed by atoms with Gasteiger partial charge in [-0.05, 0) is 53.9 Å². The molecular formula is C14H28N4. The van der Waals surface area contributed by atoms with E-state index in [4.69, 9.17) is 0 Å². The van der Waals surface area contributed by atoms with Gasteiger partial charge in [0.25, 0.3) is 0 Å². The zero-order valence-corrected chi connectivity index (χ0v) is 12.6. The molecule has 4 nitrogen and oxygen atoms in total. The van der Waals surface area contributed by atoms with Gasteiger partial charge in [0.15, 0.2) is 0 Å².